The minimum absolute atomic E-state index is 0.00263. The number of aliphatic hydroxyl groups is 1. The van der Waals surface area contributed by atoms with E-state index in [-0.39, 0.29) is 48.5 Å². The van der Waals surface area contributed by atoms with E-state index >= 15 is 0 Å². The van der Waals surface area contributed by atoms with E-state index in [0.717, 1.165) is 18.5 Å². The minimum Gasteiger partial charge on any atom is -0.395 e. The number of ether oxygens (including phenoxy) is 1. The van der Waals surface area contributed by atoms with E-state index < -0.39 is 17.2 Å². The number of fused-ring (bicyclic) bond motifs is 1. The number of halogens is 3. The molecule has 2 heterocycles. The van der Waals surface area contributed by atoms with E-state index in [9.17, 15) is 18.0 Å². The van der Waals surface area contributed by atoms with Crippen LogP contribution in [0.25, 0.3) is 28.0 Å². The molecule has 0 radical (unpaired) electrons. The molecule has 15 heteroatoms. The number of aliphatic hydroxyl groups excluding tert-OH is 1. The predicted molar refractivity (Wildman–Crippen MR) is 165 cm³/mol. The van der Waals surface area contributed by atoms with Gasteiger partial charge < -0.3 is 36.9 Å². The van der Waals surface area contributed by atoms with Crippen molar-refractivity contribution in [3.63, 3.8) is 0 Å². The molecule has 0 saturated heterocycles. The van der Waals surface area contributed by atoms with Crippen LogP contribution in [-0.2, 0) is 11.3 Å². The molecule has 0 unspecified atom stereocenters. The first-order valence-corrected chi connectivity index (χ1v) is 14.6. The molecule has 44 heavy (non-hydrogen) atoms. The Morgan fingerprint density at radius 1 is 1.20 bits per heavy atom. The second kappa shape index (κ2) is 14.7. The van der Waals surface area contributed by atoms with Gasteiger partial charge in [0.05, 0.1) is 31.5 Å². The Bertz CT molecular complexity index is 1630. The number of hydrogen-bond donors (Lipinski definition) is 7. The van der Waals surface area contributed by atoms with E-state index in [4.69, 9.17) is 26.7 Å². The Hall–Kier alpha value is -3.89. The largest absolute Gasteiger partial charge is 0.446 e. The number of hydrogen-bond acceptors (Lipinski definition) is 8. The van der Waals surface area contributed by atoms with Crippen LogP contribution in [0, 0.1) is 5.41 Å². The van der Waals surface area contributed by atoms with Crippen LogP contribution in [0.4, 0.5) is 13.2 Å². The fourth-order valence-electron chi connectivity index (χ4n) is 4.48. The van der Waals surface area contributed by atoms with Gasteiger partial charge in [-0.15, -0.1) is 0 Å². The van der Waals surface area contributed by atoms with Crippen molar-refractivity contribution in [2.45, 2.75) is 42.4 Å². The predicted octanol–water partition coefficient (Wildman–Crippen LogP) is 3.35. The van der Waals surface area contributed by atoms with Crippen LogP contribution in [0.1, 0.15) is 30.5 Å². The highest BCUT2D eigenvalue weighted by atomic mass is 32.2. The maximum atomic E-state index is 13.2. The smallest absolute Gasteiger partial charge is 0.395 e. The molecular formula is C29H35F3N8O3S. The second-order valence-corrected chi connectivity index (χ2v) is 11.4. The Morgan fingerprint density at radius 2 is 1.95 bits per heavy atom. The van der Waals surface area contributed by atoms with Gasteiger partial charge in [-0.25, -0.2) is 4.79 Å². The summed E-state index contributed by atoms with van der Waals surface area (Å²) in [6, 6.07) is 13.1. The van der Waals surface area contributed by atoms with Crippen molar-refractivity contribution >= 4 is 28.8 Å². The monoisotopic (exact) mass is 632 g/mol. The number of H-pyrrole nitrogens is 1. The van der Waals surface area contributed by atoms with Crippen LogP contribution in [-0.4, -0.2) is 63.5 Å². The SMILES string of the molecule is C[C@H](NCCCNC(=N)N)c1ccc(-n2cc3cc(-c4cc(COC[C@@H](N)CO)cc(SC(F)(F)F)c4)[nH]c3nc2=O)cc1. The summed E-state index contributed by atoms with van der Waals surface area (Å²) in [5.41, 5.74) is 9.30. The average Bonchev–Trinajstić information content (AvgIpc) is 3.38. The van der Waals surface area contributed by atoms with Gasteiger partial charge in [0.1, 0.15) is 5.65 Å². The number of alkyl halides is 3. The zero-order valence-electron chi connectivity index (χ0n) is 23.9. The van der Waals surface area contributed by atoms with Crippen molar-refractivity contribution in [2.75, 3.05) is 26.3 Å². The van der Waals surface area contributed by atoms with Gasteiger partial charge in [-0.1, -0.05) is 12.1 Å². The van der Waals surface area contributed by atoms with Crippen molar-refractivity contribution in [3.05, 3.63) is 76.3 Å². The number of nitrogens with one attached hydrogen (secondary N) is 4. The Labute approximate surface area is 255 Å². The maximum absolute atomic E-state index is 13.2. The standard InChI is InChI=1S/C29H35F3N8O3S/c1-17(36-7-2-8-37-27(34)35)19-3-5-23(6-4-19)40-13-21-12-25(38-26(21)39-28(40)42)20-9-18(15-43-16-22(33)14-41)10-24(11-20)44-29(30,31)32/h3-6,9-13,17,22,36,41H,2,7-8,14-16,33H2,1H3,(H4,34,35,37)(H,38,39,42)/t17-,22-/m0/s1. The molecule has 2 aromatic carbocycles. The van der Waals surface area contributed by atoms with E-state index in [1.807, 2.05) is 31.2 Å². The lowest BCUT2D eigenvalue weighted by Crippen LogP contribution is -2.32. The number of nitrogens with zero attached hydrogens (tertiary/aromatic N) is 2. The van der Waals surface area contributed by atoms with Crippen LogP contribution >= 0.6 is 11.8 Å². The number of rotatable bonds is 14. The van der Waals surface area contributed by atoms with Gasteiger partial charge in [0.25, 0.3) is 0 Å². The molecule has 2 aromatic heterocycles. The fraction of sp³-hybridized carbons (Fsp3) is 0.345. The molecule has 0 aliphatic heterocycles. The van der Waals surface area contributed by atoms with E-state index in [0.29, 0.717) is 40.1 Å². The van der Waals surface area contributed by atoms with Gasteiger partial charge in [-0.3, -0.25) is 9.98 Å². The van der Waals surface area contributed by atoms with Gasteiger partial charge in [0, 0.05) is 34.8 Å². The molecule has 0 fully saturated rings. The molecule has 0 amide bonds. The quantitative estimate of drug-likeness (QED) is 0.0475. The first-order valence-electron chi connectivity index (χ1n) is 13.8. The summed E-state index contributed by atoms with van der Waals surface area (Å²) in [7, 11) is 0. The number of guanidine groups is 1. The van der Waals surface area contributed by atoms with Crippen LogP contribution in [0.2, 0.25) is 0 Å². The van der Waals surface area contributed by atoms with Crippen LogP contribution in [0.3, 0.4) is 0 Å². The third-order valence-electron chi connectivity index (χ3n) is 6.64. The zero-order chi connectivity index (χ0) is 31.9. The number of benzene rings is 2. The third kappa shape index (κ3) is 9.30. The normalized spacial score (nSPS) is 13.2. The van der Waals surface area contributed by atoms with Crippen molar-refractivity contribution < 1.29 is 23.0 Å². The first-order chi connectivity index (χ1) is 20.9. The fourth-order valence-corrected chi connectivity index (χ4v) is 5.14. The van der Waals surface area contributed by atoms with Gasteiger partial charge in [-0.05, 0) is 84.7 Å². The molecule has 4 aromatic rings. The summed E-state index contributed by atoms with van der Waals surface area (Å²) >= 11 is -0.236. The van der Waals surface area contributed by atoms with E-state index in [2.05, 4.69) is 20.6 Å². The summed E-state index contributed by atoms with van der Waals surface area (Å²) in [6.45, 7) is 3.11. The molecule has 4 rings (SSSR count). The summed E-state index contributed by atoms with van der Waals surface area (Å²) in [5.74, 6) is -0.0573. The molecule has 0 spiro atoms. The molecular weight excluding hydrogens is 597 g/mol. The van der Waals surface area contributed by atoms with Crippen molar-refractivity contribution in [1.82, 2.24) is 25.2 Å². The van der Waals surface area contributed by atoms with Crippen LogP contribution < -0.4 is 27.8 Å². The molecule has 0 aliphatic rings. The van der Waals surface area contributed by atoms with E-state index in [1.54, 1.807) is 18.3 Å². The third-order valence-corrected chi connectivity index (χ3v) is 7.35. The van der Waals surface area contributed by atoms with Gasteiger partial charge in [-0.2, -0.15) is 18.2 Å². The first kappa shape index (κ1) is 33.0. The average molecular weight is 633 g/mol. The highest BCUT2D eigenvalue weighted by Crippen LogP contribution is 2.39. The summed E-state index contributed by atoms with van der Waals surface area (Å²) in [4.78, 5) is 20.1. The highest BCUT2D eigenvalue weighted by molar-refractivity contribution is 8.00. The molecule has 236 valence electrons. The van der Waals surface area contributed by atoms with Gasteiger partial charge in [0.2, 0.25) is 0 Å². The summed E-state index contributed by atoms with van der Waals surface area (Å²) in [6.07, 6.45) is 2.43. The molecule has 0 saturated carbocycles. The van der Waals surface area contributed by atoms with Crippen LogP contribution in [0.5, 0.6) is 0 Å². The Balaban J connectivity index is 1.55. The molecule has 0 aliphatic carbocycles. The number of aromatic nitrogens is 3. The lowest BCUT2D eigenvalue weighted by Gasteiger charge is -2.15. The number of nitrogens with two attached hydrogens (primary N) is 2. The van der Waals surface area contributed by atoms with Crippen molar-refractivity contribution in [3.8, 4) is 16.9 Å². The molecule has 2 atom stereocenters. The Kier molecular flexibility index (Phi) is 11.0. The minimum atomic E-state index is -4.49. The van der Waals surface area contributed by atoms with Crippen molar-refractivity contribution in [2.24, 2.45) is 11.5 Å². The summed E-state index contributed by atoms with van der Waals surface area (Å²) in [5, 5.41) is 23.0. The Morgan fingerprint density at radius 3 is 2.64 bits per heavy atom. The zero-order valence-corrected chi connectivity index (χ0v) is 24.8. The summed E-state index contributed by atoms with van der Waals surface area (Å²) < 4.78 is 46.6. The van der Waals surface area contributed by atoms with Gasteiger partial charge in [0.15, 0.2) is 5.96 Å². The van der Waals surface area contributed by atoms with E-state index in [1.165, 1.54) is 16.7 Å². The van der Waals surface area contributed by atoms with Crippen LogP contribution in [0.15, 0.2) is 64.4 Å². The second-order valence-electron chi connectivity index (χ2n) is 10.2. The topological polar surface area (TPSA) is 180 Å². The molecule has 9 N–H and O–H groups in total. The maximum Gasteiger partial charge on any atom is 0.446 e. The van der Waals surface area contributed by atoms with Gasteiger partial charge >= 0.3 is 11.2 Å². The number of aromatic amines is 1. The number of thioether (sulfide) groups is 1. The molecule has 11 nitrogen and oxygen atoms in total. The lowest BCUT2D eigenvalue weighted by atomic mass is 10.1. The molecule has 0 bridgehead atoms. The lowest BCUT2D eigenvalue weighted by molar-refractivity contribution is -0.0328. The highest BCUT2D eigenvalue weighted by Gasteiger charge is 2.29. The van der Waals surface area contributed by atoms with Crippen molar-refractivity contribution in [1.29, 1.82) is 5.41 Å².